The van der Waals surface area contributed by atoms with Crippen LogP contribution in [0.4, 0.5) is 5.69 Å². The van der Waals surface area contributed by atoms with E-state index in [1.165, 1.54) is 17.3 Å². The molecule has 0 atom stereocenters. The largest absolute Gasteiger partial charge is 0.478 e. The summed E-state index contributed by atoms with van der Waals surface area (Å²) in [6, 6.07) is 9.98. The Morgan fingerprint density at radius 2 is 1.75 bits per heavy atom. The van der Waals surface area contributed by atoms with Gasteiger partial charge in [-0.15, -0.1) is 0 Å². The van der Waals surface area contributed by atoms with Crippen molar-refractivity contribution in [2.45, 2.75) is 12.8 Å². The molecule has 0 unspecified atom stereocenters. The number of benzene rings is 1. The van der Waals surface area contributed by atoms with Crippen LogP contribution < -0.4 is 4.90 Å². The minimum atomic E-state index is -0.899. The number of carbonyl (C=O) groups is 1. The molecule has 1 aliphatic rings. The van der Waals surface area contributed by atoms with Gasteiger partial charge in [0.05, 0.1) is 17.4 Å². The normalized spacial score (nSPS) is 14.5. The molecule has 2 aromatic rings. The third-order valence-electron chi connectivity index (χ3n) is 3.79. The first-order valence-corrected chi connectivity index (χ1v) is 6.75. The van der Waals surface area contributed by atoms with Gasteiger partial charge in [0.15, 0.2) is 0 Å². The van der Waals surface area contributed by atoms with Crippen LogP contribution in [0.5, 0.6) is 0 Å². The number of carboxylic acids is 1. The molecule has 4 nitrogen and oxygen atoms in total. The van der Waals surface area contributed by atoms with Crippen molar-refractivity contribution in [1.29, 1.82) is 0 Å². The molecule has 2 heterocycles. The highest BCUT2D eigenvalue weighted by Gasteiger charge is 2.19. The predicted octanol–water partition coefficient (Wildman–Crippen LogP) is 2.39. The Kier molecular flexibility index (Phi) is 3.37. The van der Waals surface area contributed by atoms with E-state index in [4.69, 9.17) is 0 Å². The number of nitrogens with zero attached hydrogens (tertiary/aromatic N) is 2. The summed E-state index contributed by atoms with van der Waals surface area (Å²) in [4.78, 5) is 17.5. The van der Waals surface area contributed by atoms with E-state index >= 15 is 0 Å². The van der Waals surface area contributed by atoms with E-state index < -0.39 is 5.97 Å². The molecule has 1 aromatic carbocycles. The van der Waals surface area contributed by atoms with E-state index in [0.29, 0.717) is 11.3 Å². The second-order valence-corrected chi connectivity index (χ2v) is 4.95. The fourth-order valence-corrected chi connectivity index (χ4v) is 2.73. The van der Waals surface area contributed by atoms with Gasteiger partial charge in [0.1, 0.15) is 0 Å². The van der Waals surface area contributed by atoms with Crippen LogP contribution in [0.25, 0.3) is 0 Å². The summed E-state index contributed by atoms with van der Waals surface area (Å²) in [7, 11) is 0. The quantitative estimate of drug-likeness (QED) is 0.908. The van der Waals surface area contributed by atoms with Gasteiger partial charge in [0.25, 0.3) is 0 Å². The molecular formula is C16H16N2O2. The van der Waals surface area contributed by atoms with Crippen LogP contribution in [0.3, 0.4) is 0 Å². The number of anilines is 1. The molecule has 0 aliphatic carbocycles. The van der Waals surface area contributed by atoms with Gasteiger partial charge in [-0.25, -0.2) is 4.79 Å². The molecule has 0 saturated carbocycles. The molecule has 0 spiro atoms. The Bertz CT molecular complexity index is 613. The Morgan fingerprint density at radius 3 is 2.35 bits per heavy atom. The first kappa shape index (κ1) is 12.7. The molecule has 1 aliphatic heterocycles. The molecule has 0 saturated heterocycles. The van der Waals surface area contributed by atoms with E-state index in [0.717, 1.165) is 25.9 Å². The molecule has 0 radical (unpaired) electrons. The number of hydrogen-bond donors (Lipinski definition) is 1. The van der Waals surface area contributed by atoms with E-state index in [2.05, 4.69) is 34.1 Å². The first-order chi connectivity index (χ1) is 9.75. The zero-order valence-corrected chi connectivity index (χ0v) is 11.1. The zero-order valence-electron chi connectivity index (χ0n) is 11.1. The van der Waals surface area contributed by atoms with Gasteiger partial charge in [0.2, 0.25) is 0 Å². The second kappa shape index (κ2) is 5.33. The molecule has 4 heteroatoms. The minimum absolute atomic E-state index is 0.325. The van der Waals surface area contributed by atoms with Gasteiger partial charge in [0, 0.05) is 19.3 Å². The van der Waals surface area contributed by atoms with Crippen LogP contribution in [0, 0.1) is 0 Å². The number of pyridine rings is 1. The van der Waals surface area contributed by atoms with Crippen LogP contribution in [0.15, 0.2) is 42.7 Å². The summed E-state index contributed by atoms with van der Waals surface area (Å²) in [5, 5.41) is 9.29. The molecule has 0 amide bonds. The third-order valence-corrected chi connectivity index (χ3v) is 3.79. The van der Waals surface area contributed by atoms with Gasteiger partial charge in [-0.1, -0.05) is 24.3 Å². The average Bonchev–Trinajstić information content (AvgIpc) is 2.70. The van der Waals surface area contributed by atoms with E-state index in [9.17, 15) is 9.90 Å². The van der Waals surface area contributed by atoms with Crippen LogP contribution >= 0.6 is 0 Å². The number of rotatable bonds is 2. The highest BCUT2D eigenvalue weighted by atomic mass is 16.4. The molecule has 1 aromatic heterocycles. The lowest BCUT2D eigenvalue weighted by atomic mass is 10.0. The molecule has 20 heavy (non-hydrogen) atoms. The van der Waals surface area contributed by atoms with Gasteiger partial charge in [-0.05, 0) is 30.0 Å². The Morgan fingerprint density at radius 1 is 1.10 bits per heavy atom. The maximum atomic E-state index is 11.3. The molecule has 1 N–H and O–H groups in total. The van der Waals surface area contributed by atoms with E-state index in [-0.39, 0.29) is 0 Å². The summed E-state index contributed by atoms with van der Waals surface area (Å²) in [6.45, 7) is 1.64. The number of fused-ring (bicyclic) bond motifs is 1. The Labute approximate surface area is 117 Å². The first-order valence-electron chi connectivity index (χ1n) is 6.75. The lowest BCUT2D eigenvalue weighted by molar-refractivity contribution is 0.0697. The molecule has 0 bridgehead atoms. The van der Waals surface area contributed by atoms with Crippen LogP contribution in [-0.2, 0) is 12.8 Å². The lowest BCUT2D eigenvalue weighted by Crippen LogP contribution is -2.27. The van der Waals surface area contributed by atoms with Crippen molar-refractivity contribution >= 4 is 11.7 Å². The van der Waals surface area contributed by atoms with Gasteiger partial charge >= 0.3 is 5.97 Å². The number of carboxylic acid groups (broad SMARTS) is 1. The van der Waals surface area contributed by atoms with Gasteiger partial charge < -0.3 is 10.0 Å². The van der Waals surface area contributed by atoms with Gasteiger partial charge in [-0.2, -0.15) is 0 Å². The number of aromatic carboxylic acids is 1. The summed E-state index contributed by atoms with van der Waals surface area (Å²) in [5.41, 5.74) is 3.75. The van der Waals surface area contributed by atoms with Crippen molar-refractivity contribution in [3.8, 4) is 0 Å². The topological polar surface area (TPSA) is 53.4 Å². The third kappa shape index (κ3) is 2.37. The van der Waals surface area contributed by atoms with Crippen LogP contribution in [-0.4, -0.2) is 29.1 Å². The zero-order chi connectivity index (χ0) is 13.9. The summed E-state index contributed by atoms with van der Waals surface area (Å²) >= 11 is 0. The smallest absolute Gasteiger partial charge is 0.337 e. The summed E-state index contributed by atoms with van der Waals surface area (Å²) in [5.74, 6) is -0.899. The van der Waals surface area contributed by atoms with Crippen molar-refractivity contribution in [3.63, 3.8) is 0 Å². The van der Waals surface area contributed by atoms with Crippen LogP contribution in [0.1, 0.15) is 21.5 Å². The summed E-state index contributed by atoms with van der Waals surface area (Å²) in [6.07, 6.45) is 5.05. The van der Waals surface area contributed by atoms with Crippen molar-refractivity contribution in [1.82, 2.24) is 4.98 Å². The monoisotopic (exact) mass is 268 g/mol. The predicted molar refractivity (Wildman–Crippen MR) is 77.3 cm³/mol. The van der Waals surface area contributed by atoms with E-state index in [1.54, 1.807) is 12.3 Å². The molecule has 102 valence electrons. The lowest BCUT2D eigenvalue weighted by Gasteiger charge is -2.23. The minimum Gasteiger partial charge on any atom is -0.478 e. The fourth-order valence-electron chi connectivity index (χ4n) is 2.73. The van der Waals surface area contributed by atoms with Crippen LogP contribution in [0.2, 0.25) is 0 Å². The Hall–Kier alpha value is -2.36. The van der Waals surface area contributed by atoms with Crippen molar-refractivity contribution < 1.29 is 9.90 Å². The maximum Gasteiger partial charge on any atom is 0.337 e. The number of hydrogen-bond acceptors (Lipinski definition) is 3. The van der Waals surface area contributed by atoms with Gasteiger partial charge in [-0.3, -0.25) is 4.98 Å². The standard InChI is InChI=1S/C16H16N2O2/c19-16(20)14-5-8-17-11-15(14)18-9-6-12-3-1-2-4-13(12)7-10-18/h1-5,8,11H,6-7,9-10H2,(H,19,20). The highest BCUT2D eigenvalue weighted by molar-refractivity contribution is 5.94. The average molecular weight is 268 g/mol. The number of aromatic nitrogens is 1. The highest BCUT2D eigenvalue weighted by Crippen LogP contribution is 2.23. The Balaban J connectivity index is 1.89. The fraction of sp³-hybridized carbons (Fsp3) is 0.250. The molecule has 0 fully saturated rings. The van der Waals surface area contributed by atoms with Crippen molar-refractivity contribution in [2.75, 3.05) is 18.0 Å². The molecular weight excluding hydrogens is 252 g/mol. The SMILES string of the molecule is O=C(O)c1ccncc1N1CCc2ccccc2CC1. The van der Waals surface area contributed by atoms with E-state index in [1.807, 2.05) is 0 Å². The summed E-state index contributed by atoms with van der Waals surface area (Å²) < 4.78 is 0. The van der Waals surface area contributed by atoms with Crippen molar-refractivity contribution in [3.05, 3.63) is 59.4 Å². The maximum absolute atomic E-state index is 11.3. The molecule has 3 rings (SSSR count). The van der Waals surface area contributed by atoms with Crippen molar-refractivity contribution in [2.24, 2.45) is 0 Å². The second-order valence-electron chi connectivity index (χ2n) is 4.95.